The molecule has 116 valence electrons. The Morgan fingerprint density at radius 2 is 1.95 bits per heavy atom. The maximum absolute atomic E-state index is 12.6. The second-order valence-electron chi connectivity index (χ2n) is 4.33. The summed E-state index contributed by atoms with van der Waals surface area (Å²) in [6, 6.07) is 10.2. The standard InChI is InChI=1S/C15H12BrF3N2O/c1-22-14-6-5-12(16)7-10(14)9-20-21-13-4-2-3-11(8-13)15(17,18)19/h2-9,21H,1H3. The smallest absolute Gasteiger partial charge is 0.416 e. The van der Waals surface area contributed by atoms with Crippen LogP contribution in [0.2, 0.25) is 0 Å². The number of hydrogen-bond donors (Lipinski definition) is 1. The molecule has 2 rings (SSSR count). The molecule has 0 saturated heterocycles. The van der Waals surface area contributed by atoms with Crippen molar-refractivity contribution < 1.29 is 17.9 Å². The molecule has 0 heterocycles. The molecule has 0 bridgehead atoms. The van der Waals surface area contributed by atoms with Gasteiger partial charge in [0.05, 0.1) is 24.6 Å². The highest BCUT2D eigenvalue weighted by molar-refractivity contribution is 9.10. The van der Waals surface area contributed by atoms with Crippen LogP contribution >= 0.6 is 15.9 Å². The van der Waals surface area contributed by atoms with Gasteiger partial charge in [0.2, 0.25) is 0 Å². The maximum Gasteiger partial charge on any atom is 0.416 e. The van der Waals surface area contributed by atoms with E-state index in [-0.39, 0.29) is 5.69 Å². The lowest BCUT2D eigenvalue weighted by Crippen LogP contribution is -2.05. The molecule has 2 aromatic carbocycles. The zero-order valence-electron chi connectivity index (χ0n) is 11.5. The summed E-state index contributed by atoms with van der Waals surface area (Å²) in [5.74, 6) is 0.609. The first kappa shape index (κ1) is 16.4. The van der Waals surface area contributed by atoms with Gasteiger partial charge in [0.15, 0.2) is 0 Å². The quantitative estimate of drug-likeness (QED) is 0.610. The van der Waals surface area contributed by atoms with E-state index in [0.29, 0.717) is 11.3 Å². The Morgan fingerprint density at radius 3 is 2.64 bits per heavy atom. The number of halogens is 4. The molecule has 0 atom stereocenters. The van der Waals surface area contributed by atoms with Crippen LogP contribution in [0.25, 0.3) is 0 Å². The third kappa shape index (κ3) is 4.24. The molecule has 0 aromatic heterocycles. The molecule has 0 radical (unpaired) electrons. The van der Waals surface area contributed by atoms with Crippen LogP contribution in [-0.4, -0.2) is 13.3 Å². The molecular weight excluding hydrogens is 361 g/mol. The fourth-order valence-electron chi connectivity index (χ4n) is 1.75. The fraction of sp³-hybridized carbons (Fsp3) is 0.133. The average molecular weight is 373 g/mol. The molecule has 0 aliphatic rings. The van der Waals surface area contributed by atoms with Gasteiger partial charge in [-0.3, -0.25) is 5.43 Å². The summed E-state index contributed by atoms with van der Waals surface area (Å²) in [5, 5.41) is 3.94. The number of ether oxygens (including phenoxy) is 1. The topological polar surface area (TPSA) is 33.6 Å². The van der Waals surface area contributed by atoms with Crippen LogP contribution in [0.1, 0.15) is 11.1 Å². The van der Waals surface area contributed by atoms with Gasteiger partial charge in [-0.05, 0) is 36.4 Å². The van der Waals surface area contributed by atoms with E-state index in [1.54, 1.807) is 12.1 Å². The monoisotopic (exact) mass is 372 g/mol. The first-order valence-corrected chi connectivity index (χ1v) is 6.99. The number of nitrogens with zero attached hydrogens (tertiary/aromatic N) is 1. The van der Waals surface area contributed by atoms with E-state index in [1.165, 1.54) is 25.5 Å². The Balaban J connectivity index is 2.15. The van der Waals surface area contributed by atoms with Crippen molar-refractivity contribution in [1.29, 1.82) is 0 Å². The minimum atomic E-state index is -4.38. The summed E-state index contributed by atoms with van der Waals surface area (Å²) in [5.41, 5.74) is 2.79. The lowest BCUT2D eigenvalue weighted by molar-refractivity contribution is -0.137. The Labute approximate surface area is 133 Å². The lowest BCUT2D eigenvalue weighted by Gasteiger charge is -2.08. The van der Waals surface area contributed by atoms with Gasteiger partial charge in [0, 0.05) is 10.0 Å². The van der Waals surface area contributed by atoms with Crippen LogP contribution in [0.4, 0.5) is 18.9 Å². The van der Waals surface area contributed by atoms with Gasteiger partial charge in [-0.2, -0.15) is 18.3 Å². The largest absolute Gasteiger partial charge is 0.496 e. The van der Waals surface area contributed by atoms with Crippen LogP contribution in [0, 0.1) is 0 Å². The molecule has 0 fully saturated rings. The zero-order chi connectivity index (χ0) is 16.2. The van der Waals surface area contributed by atoms with Crippen LogP contribution in [0.3, 0.4) is 0 Å². The number of alkyl halides is 3. The molecule has 0 unspecified atom stereocenters. The van der Waals surface area contributed by atoms with Gasteiger partial charge in [-0.1, -0.05) is 22.0 Å². The number of methoxy groups -OCH3 is 1. The van der Waals surface area contributed by atoms with Gasteiger partial charge in [0.25, 0.3) is 0 Å². The van der Waals surface area contributed by atoms with E-state index in [9.17, 15) is 13.2 Å². The van der Waals surface area contributed by atoms with E-state index in [4.69, 9.17) is 4.74 Å². The van der Waals surface area contributed by atoms with Gasteiger partial charge >= 0.3 is 6.18 Å². The molecular formula is C15H12BrF3N2O. The molecule has 0 saturated carbocycles. The first-order valence-electron chi connectivity index (χ1n) is 6.20. The van der Waals surface area contributed by atoms with Crippen LogP contribution in [-0.2, 0) is 6.18 Å². The van der Waals surface area contributed by atoms with Crippen molar-refractivity contribution in [3.05, 3.63) is 58.1 Å². The van der Waals surface area contributed by atoms with Gasteiger partial charge in [0.1, 0.15) is 5.75 Å². The van der Waals surface area contributed by atoms with E-state index in [2.05, 4.69) is 26.5 Å². The second-order valence-corrected chi connectivity index (χ2v) is 5.25. The summed E-state index contributed by atoms with van der Waals surface area (Å²) in [6.45, 7) is 0. The predicted molar refractivity (Wildman–Crippen MR) is 83.4 cm³/mol. The van der Waals surface area contributed by atoms with Crippen molar-refractivity contribution in [2.75, 3.05) is 12.5 Å². The summed E-state index contributed by atoms with van der Waals surface area (Å²) in [4.78, 5) is 0. The highest BCUT2D eigenvalue weighted by Crippen LogP contribution is 2.30. The lowest BCUT2D eigenvalue weighted by atomic mass is 10.2. The SMILES string of the molecule is COc1ccc(Br)cc1C=NNc1cccc(C(F)(F)F)c1. The highest BCUT2D eigenvalue weighted by atomic mass is 79.9. The number of rotatable bonds is 4. The highest BCUT2D eigenvalue weighted by Gasteiger charge is 2.30. The summed E-state index contributed by atoms with van der Waals surface area (Å²) < 4.78 is 43.9. The first-order chi connectivity index (χ1) is 10.4. The molecule has 7 heteroatoms. The van der Waals surface area contributed by atoms with Crippen LogP contribution in [0.15, 0.2) is 52.0 Å². The number of anilines is 1. The van der Waals surface area contributed by atoms with Crippen molar-refractivity contribution in [1.82, 2.24) is 0 Å². The predicted octanol–water partition coefficient (Wildman–Crippen LogP) is 4.92. The second kappa shape index (κ2) is 6.83. The minimum Gasteiger partial charge on any atom is -0.496 e. The van der Waals surface area contributed by atoms with Crippen molar-refractivity contribution >= 4 is 27.8 Å². The number of hydrazone groups is 1. The van der Waals surface area contributed by atoms with Gasteiger partial charge < -0.3 is 4.74 Å². The van der Waals surface area contributed by atoms with E-state index in [1.807, 2.05) is 6.07 Å². The molecule has 0 spiro atoms. The Morgan fingerprint density at radius 1 is 1.18 bits per heavy atom. The van der Waals surface area contributed by atoms with E-state index in [0.717, 1.165) is 16.6 Å². The number of benzene rings is 2. The summed E-state index contributed by atoms with van der Waals surface area (Å²) >= 11 is 3.33. The Bertz CT molecular complexity index is 687. The summed E-state index contributed by atoms with van der Waals surface area (Å²) in [7, 11) is 1.53. The van der Waals surface area contributed by atoms with Crippen molar-refractivity contribution in [2.45, 2.75) is 6.18 Å². The molecule has 22 heavy (non-hydrogen) atoms. The van der Waals surface area contributed by atoms with E-state index >= 15 is 0 Å². The van der Waals surface area contributed by atoms with Crippen molar-refractivity contribution in [3.8, 4) is 5.75 Å². The fourth-order valence-corrected chi connectivity index (χ4v) is 2.13. The normalized spacial score (nSPS) is 11.7. The third-order valence-electron chi connectivity index (χ3n) is 2.78. The van der Waals surface area contributed by atoms with Crippen LogP contribution < -0.4 is 10.2 Å². The molecule has 2 aromatic rings. The molecule has 0 amide bonds. The molecule has 1 N–H and O–H groups in total. The van der Waals surface area contributed by atoms with Crippen molar-refractivity contribution in [2.24, 2.45) is 5.10 Å². The van der Waals surface area contributed by atoms with Crippen molar-refractivity contribution in [3.63, 3.8) is 0 Å². The maximum atomic E-state index is 12.6. The van der Waals surface area contributed by atoms with Gasteiger partial charge in [-0.25, -0.2) is 0 Å². The molecule has 3 nitrogen and oxygen atoms in total. The number of hydrogen-bond acceptors (Lipinski definition) is 3. The number of nitrogens with one attached hydrogen (secondary N) is 1. The Kier molecular flexibility index (Phi) is 5.07. The minimum absolute atomic E-state index is 0.250. The average Bonchev–Trinajstić information content (AvgIpc) is 2.47. The third-order valence-corrected chi connectivity index (χ3v) is 3.27. The van der Waals surface area contributed by atoms with E-state index < -0.39 is 11.7 Å². The molecule has 0 aliphatic heterocycles. The van der Waals surface area contributed by atoms with Crippen LogP contribution in [0.5, 0.6) is 5.75 Å². The van der Waals surface area contributed by atoms with Gasteiger partial charge in [-0.15, -0.1) is 0 Å². The Hall–Kier alpha value is -2.02. The zero-order valence-corrected chi connectivity index (χ0v) is 13.1. The summed E-state index contributed by atoms with van der Waals surface area (Å²) in [6.07, 6.45) is -2.90. The molecule has 0 aliphatic carbocycles.